The molecule has 6 aliphatic heterocycles. The first kappa shape index (κ1) is 82.0. The number of hydrazine groups is 1. The number of ether oxygens (including phenoxy) is 4. The maximum Gasteiger partial charge on any atom is 0.426 e. The fourth-order valence-corrected chi connectivity index (χ4v) is 20.7. The van der Waals surface area contributed by atoms with E-state index in [9.17, 15) is 59.4 Å². The fraction of sp³-hybridized carbons (Fsp3) is 0.538. The normalized spacial score (nSPS) is 28.2. The number of aliphatic hydroxyl groups is 5. The second kappa shape index (κ2) is 34.3. The van der Waals surface area contributed by atoms with Crippen molar-refractivity contribution in [2.24, 2.45) is 17.3 Å². The standard InChI is InChI=1S/C78H100N18O17S2/c1-6-76(109)36-42-35-75(3,62-48(19-25-94(39-42)41-76)47-12-8-9-13-51(47)86-62)50-33-49-53(34-54(50)110-5)93(4)63-56(64(101)77(7-2)20-11-24-95-26-21-78(49,63)72(77)95)68(104)90-91-74(108)112-29-31-115-114-30-23-81-67(103)52(32-45-40-96(92-89-45)27-28-111-71-60(100)58(98)59(99)61(113-71)70(106)107)85-55(97)14-10-22-80-66(102)43-15-17-44(18-16-43)82-37-46-38-83-65-57(84-46)69(105)88-73(79)87-65/h8-9,11-13,15-18,20,33-34,38,40,42,52,56,58-61,63-64,71-72,82,86,98-101,109H,6-7,10,14,19,21-32,35-37,39,41H2,1-5H3,(H,80,102)(H,81,103)(H,85,97)(H,90,104)(H,91,108)(H,106,107)(H3,79,83,87,88,105)/t42-,52-,56+,58-,59?,60-,61?,63-,64-,71?,72-,75+,76-,77-,78-/m0/s1. The van der Waals surface area contributed by atoms with Crippen molar-refractivity contribution in [3.63, 3.8) is 0 Å². The van der Waals surface area contributed by atoms with Gasteiger partial charge in [0.1, 0.15) is 36.7 Å². The second-order valence-electron chi connectivity index (χ2n) is 31.2. The molecule has 7 aliphatic rings. The van der Waals surface area contributed by atoms with Crippen LogP contribution >= 0.6 is 21.6 Å². The molecule has 7 aromatic rings. The van der Waals surface area contributed by atoms with E-state index >= 15 is 4.79 Å². The predicted octanol–water partition coefficient (Wildman–Crippen LogP) is 1.89. The summed E-state index contributed by atoms with van der Waals surface area (Å²) >= 11 is 0. The first-order valence-corrected chi connectivity index (χ1v) is 41.5. The van der Waals surface area contributed by atoms with Gasteiger partial charge in [-0.1, -0.05) is 71.0 Å². The molecule has 1 spiro atoms. The number of likely N-dealkylation sites (N-methyl/N-ethyl adjacent to an activating group) is 1. The van der Waals surface area contributed by atoms with Crippen LogP contribution in [0.1, 0.15) is 110 Å². The maximum atomic E-state index is 15.2. The predicted molar refractivity (Wildman–Crippen MR) is 425 cm³/mol. The number of hydrogen-bond acceptors (Lipinski definition) is 28. The van der Waals surface area contributed by atoms with Gasteiger partial charge >= 0.3 is 12.1 Å². The van der Waals surface area contributed by atoms with Gasteiger partial charge in [-0.25, -0.2) is 29.7 Å². The zero-order valence-corrected chi connectivity index (χ0v) is 66.2. The number of aromatic nitrogens is 8. The summed E-state index contributed by atoms with van der Waals surface area (Å²) in [7, 11) is 6.46. The van der Waals surface area contributed by atoms with Crippen LogP contribution in [0.3, 0.4) is 0 Å². The van der Waals surface area contributed by atoms with E-state index in [-0.39, 0.29) is 93.4 Å². The summed E-state index contributed by atoms with van der Waals surface area (Å²) in [5, 5.41) is 86.3. The van der Waals surface area contributed by atoms with Crippen molar-refractivity contribution in [1.82, 2.24) is 76.5 Å². The Kier molecular flexibility index (Phi) is 24.5. The topological polar surface area (TPSA) is 487 Å². The van der Waals surface area contributed by atoms with Crippen LogP contribution in [0, 0.1) is 17.3 Å². The van der Waals surface area contributed by atoms with Crippen molar-refractivity contribution >= 4 is 96.7 Å². The molecule has 616 valence electrons. The Morgan fingerprint density at radius 2 is 1.70 bits per heavy atom. The third-order valence-electron chi connectivity index (χ3n) is 24.2. The first-order chi connectivity index (χ1) is 55.3. The van der Waals surface area contributed by atoms with Gasteiger partial charge in [0.05, 0.1) is 68.1 Å². The number of carbonyl (C=O) groups excluding carboxylic acids is 5. The van der Waals surface area contributed by atoms with Gasteiger partial charge in [0.15, 0.2) is 23.6 Å². The number of nitrogens with two attached hydrogens (primary N) is 1. The van der Waals surface area contributed by atoms with Crippen molar-refractivity contribution in [2.45, 2.75) is 163 Å². The molecule has 16 N–H and O–H groups in total. The van der Waals surface area contributed by atoms with E-state index in [1.165, 1.54) is 49.6 Å². The lowest BCUT2D eigenvalue weighted by atomic mass is 9.49. The van der Waals surface area contributed by atoms with E-state index in [0.717, 1.165) is 60.5 Å². The van der Waals surface area contributed by atoms with Gasteiger partial charge in [-0.3, -0.25) is 44.2 Å². The number of rotatable bonds is 29. The number of anilines is 3. The quantitative estimate of drug-likeness (QED) is 0.0138. The molecular weight excluding hydrogens is 1530 g/mol. The summed E-state index contributed by atoms with van der Waals surface area (Å²) in [6.45, 7) is 10.4. The number of aliphatic carboxylic acids is 1. The highest BCUT2D eigenvalue weighted by Crippen LogP contribution is 2.67. The number of para-hydroxylation sites is 1. The Morgan fingerprint density at radius 3 is 2.48 bits per heavy atom. The minimum atomic E-state index is -1.90. The lowest BCUT2D eigenvalue weighted by Crippen LogP contribution is -2.73. The van der Waals surface area contributed by atoms with Crippen LogP contribution in [0.5, 0.6) is 5.75 Å². The summed E-state index contributed by atoms with van der Waals surface area (Å²) < 4.78 is 24.1. The smallest absolute Gasteiger partial charge is 0.426 e. The Balaban J connectivity index is 0.579. The molecule has 0 radical (unpaired) electrons. The van der Waals surface area contributed by atoms with E-state index in [1.807, 2.05) is 7.05 Å². The number of fused-ring (bicyclic) bond motifs is 7. The molecule has 10 heterocycles. The molecule has 3 saturated heterocycles. The molecule has 4 unspecified atom stereocenters. The van der Waals surface area contributed by atoms with Gasteiger partial charge in [-0.05, 0) is 112 Å². The number of methoxy groups -OCH3 is 1. The number of nitrogens with one attached hydrogen (secondary N) is 8. The van der Waals surface area contributed by atoms with Gasteiger partial charge < -0.3 is 86.5 Å². The lowest BCUT2D eigenvalue weighted by Gasteiger charge is -2.60. The van der Waals surface area contributed by atoms with Gasteiger partial charge in [0.25, 0.3) is 11.5 Å². The Bertz CT molecular complexity index is 4860. The average molecular weight is 1630 g/mol. The summed E-state index contributed by atoms with van der Waals surface area (Å²) in [6, 6.07) is 17.7. The number of benzene rings is 3. The maximum absolute atomic E-state index is 15.2. The number of aromatic amines is 2. The molecule has 115 heavy (non-hydrogen) atoms. The van der Waals surface area contributed by atoms with Crippen molar-refractivity contribution in [3.8, 4) is 5.75 Å². The zero-order valence-electron chi connectivity index (χ0n) is 64.6. The Morgan fingerprint density at radius 1 is 0.896 bits per heavy atom. The van der Waals surface area contributed by atoms with Crippen molar-refractivity contribution in [2.75, 3.05) is 101 Å². The summed E-state index contributed by atoms with van der Waals surface area (Å²) in [6.07, 6.45) is 0.235. The highest BCUT2D eigenvalue weighted by Gasteiger charge is 2.74. The van der Waals surface area contributed by atoms with Gasteiger partial charge in [-0.15, -0.1) is 5.10 Å². The van der Waals surface area contributed by atoms with Crippen molar-refractivity contribution in [3.05, 3.63) is 135 Å². The number of H-pyrrole nitrogens is 2. The molecule has 5 amide bonds. The summed E-state index contributed by atoms with van der Waals surface area (Å²) in [4.78, 5) is 119. The van der Waals surface area contributed by atoms with Crippen LogP contribution in [0.4, 0.5) is 22.1 Å². The van der Waals surface area contributed by atoms with Gasteiger partial charge in [-0.2, -0.15) is 4.98 Å². The Hall–Kier alpha value is -9.54. The fourth-order valence-electron chi connectivity index (χ4n) is 18.9. The molecule has 14 rings (SSSR count). The zero-order chi connectivity index (χ0) is 81.3. The molecular formula is C78H100N18O17S2. The molecule has 1 aliphatic carbocycles. The van der Waals surface area contributed by atoms with E-state index in [1.54, 1.807) is 31.4 Å². The molecule has 2 bridgehead atoms. The number of piperidine rings is 1. The SMILES string of the molecule is CC[C@]1(O)C[C@H]2CN(CCc3c([nH]c4ccccc34)[C@@](C)(c3cc4c(cc3OC)N(C)[C@H]3[C@@H](C(=O)NNC(=O)OCCSSCCNC(=O)[C@H](Cc5cn(CCOC6OC(C(=O)O)C(O)[C@H](O)[C@@H]6O)nn5)NC(=O)CCCNC(=O)c5ccc(NCc6cnc7nc(N)[nH]c(=O)c7n6)cc5)[C@H](O)[C@]5(CC)C=CCN6CC[C@]43[C@@H]65)C2)C1. The van der Waals surface area contributed by atoms with Crippen molar-refractivity contribution in [1.29, 1.82) is 0 Å². The molecule has 3 aromatic carbocycles. The molecule has 4 aromatic heterocycles. The second-order valence-corrected chi connectivity index (χ2v) is 33.9. The van der Waals surface area contributed by atoms with Crippen LogP contribution in [-0.2, 0) is 70.1 Å². The van der Waals surface area contributed by atoms with Gasteiger partial charge in [0, 0.05) is 144 Å². The van der Waals surface area contributed by atoms with Crippen LogP contribution in [-0.4, -0.2) is 261 Å². The molecule has 16 atom stereocenters. The largest absolute Gasteiger partial charge is 0.496 e. The van der Waals surface area contributed by atoms with E-state index < -0.39 is 118 Å². The lowest BCUT2D eigenvalue weighted by molar-refractivity contribution is -0.294. The third kappa shape index (κ3) is 16.4. The first-order valence-electron chi connectivity index (χ1n) is 39.0. The minimum Gasteiger partial charge on any atom is -0.496 e. The highest BCUT2D eigenvalue weighted by atomic mass is 33.1. The number of carbonyl (C=O) groups is 6. The van der Waals surface area contributed by atoms with E-state index in [0.29, 0.717) is 73.0 Å². The van der Waals surface area contributed by atoms with Crippen molar-refractivity contribution < 1.29 is 78.4 Å². The number of carboxylic acids is 1. The summed E-state index contributed by atoms with van der Waals surface area (Å²) in [5.74, 6) is -3.12. The monoisotopic (exact) mass is 1620 g/mol. The van der Waals surface area contributed by atoms with E-state index in [4.69, 9.17) is 24.7 Å². The third-order valence-corrected chi connectivity index (χ3v) is 26.6. The number of amides is 5. The highest BCUT2D eigenvalue weighted by molar-refractivity contribution is 8.76. The minimum absolute atomic E-state index is 0.0207. The average Bonchev–Trinajstić information content (AvgIpc) is 1.50. The number of nitrogen functional groups attached to an aromatic ring is 1. The molecule has 35 nitrogen and oxygen atoms in total. The number of hydrogen-bond donors (Lipinski definition) is 15. The van der Waals surface area contributed by atoms with Gasteiger partial charge in [0.2, 0.25) is 23.7 Å². The van der Waals surface area contributed by atoms with E-state index in [2.05, 4.69) is 151 Å². The number of nitrogens with zero attached hydrogens (tertiary/aromatic N) is 9. The van der Waals surface area contributed by atoms with Crippen LogP contribution in [0.2, 0.25) is 0 Å². The van der Waals surface area contributed by atoms with Crippen LogP contribution in [0.25, 0.3) is 22.1 Å². The molecule has 1 saturated carbocycles. The Labute approximate surface area is 669 Å². The molecule has 37 heteroatoms. The van der Waals surface area contributed by atoms with Crippen LogP contribution < -0.4 is 53.0 Å². The van der Waals surface area contributed by atoms with Crippen LogP contribution in [0.15, 0.2) is 90.0 Å². The number of aliphatic hydroxyl groups excluding tert-OH is 4. The number of carboxylic acid groups (broad SMARTS) is 1. The summed E-state index contributed by atoms with van der Waals surface area (Å²) in [5.41, 5.74) is 15.7. The molecule has 4 fully saturated rings.